The quantitative estimate of drug-likeness (QED) is 0.633. The molecule has 28 heavy (non-hydrogen) atoms. The molecule has 0 radical (unpaired) electrons. The van der Waals surface area contributed by atoms with Crippen LogP contribution in [-0.4, -0.2) is 48.5 Å². The van der Waals surface area contributed by atoms with Gasteiger partial charge in [0.25, 0.3) is 0 Å². The summed E-state index contributed by atoms with van der Waals surface area (Å²) in [7, 11) is -1.39. The Morgan fingerprint density at radius 2 is 2.00 bits per heavy atom. The number of aromatic nitrogens is 3. The molecule has 1 saturated carbocycles. The number of anilines is 4. The van der Waals surface area contributed by atoms with E-state index in [-0.39, 0.29) is 17.7 Å². The zero-order valence-corrected chi connectivity index (χ0v) is 16.9. The lowest BCUT2D eigenvalue weighted by Gasteiger charge is -2.29. The molecule has 0 spiro atoms. The van der Waals surface area contributed by atoms with Crippen LogP contribution in [0.5, 0.6) is 5.88 Å². The Labute approximate surface area is 165 Å². The number of hydrogen-bond acceptors (Lipinski definition) is 9. The van der Waals surface area contributed by atoms with Gasteiger partial charge in [-0.15, -0.1) is 0 Å². The first-order chi connectivity index (χ1) is 13.3. The lowest BCUT2D eigenvalue weighted by Crippen LogP contribution is -2.29. The highest BCUT2D eigenvalue weighted by atomic mass is 32.2. The molecule has 1 aliphatic rings. The molecule has 9 nitrogen and oxygen atoms in total. The lowest BCUT2D eigenvalue weighted by atomic mass is 9.87. The second-order valence-electron chi connectivity index (χ2n) is 7.14. The van der Waals surface area contributed by atoms with Crippen LogP contribution in [0.3, 0.4) is 0 Å². The Morgan fingerprint density at radius 1 is 1.25 bits per heavy atom. The molecule has 152 valence electrons. The molecule has 1 aliphatic carbocycles. The summed E-state index contributed by atoms with van der Waals surface area (Å²) in [4.78, 5) is 12.8. The number of nitrogens with one attached hydrogen (secondary N) is 2. The molecule has 10 heteroatoms. The van der Waals surface area contributed by atoms with Gasteiger partial charge in [-0.1, -0.05) is 0 Å². The Hall–Kier alpha value is -2.62. The summed E-state index contributed by atoms with van der Waals surface area (Å²) < 4.78 is 28.2. The summed E-state index contributed by atoms with van der Waals surface area (Å²) in [5.41, 5.74) is 7.15. The van der Waals surface area contributed by atoms with Crippen molar-refractivity contribution in [3.8, 4) is 5.88 Å². The molecule has 1 fully saturated rings. The SMILES string of the molecule is COc1ncccc1Nc1ncc(N)c(N[C@H]2CC[C@H](CS(C)(=O)=O)CC2)n1. The fourth-order valence-electron chi connectivity index (χ4n) is 3.43. The van der Waals surface area contributed by atoms with Crippen molar-refractivity contribution in [3.63, 3.8) is 0 Å². The molecule has 0 unspecified atom stereocenters. The summed E-state index contributed by atoms with van der Waals surface area (Å²) in [5, 5.41) is 6.46. The average molecular weight is 407 g/mol. The number of nitrogens with two attached hydrogens (primary N) is 1. The fraction of sp³-hybridized carbons (Fsp3) is 0.500. The van der Waals surface area contributed by atoms with Crippen LogP contribution < -0.4 is 21.1 Å². The van der Waals surface area contributed by atoms with E-state index in [1.807, 2.05) is 6.07 Å². The van der Waals surface area contributed by atoms with Crippen molar-refractivity contribution in [1.29, 1.82) is 0 Å². The smallest absolute Gasteiger partial charge is 0.237 e. The van der Waals surface area contributed by atoms with Crippen LogP contribution in [0.1, 0.15) is 25.7 Å². The third-order valence-electron chi connectivity index (χ3n) is 4.75. The molecule has 2 aromatic rings. The van der Waals surface area contributed by atoms with E-state index < -0.39 is 9.84 Å². The van der Waals surface area contributed by atoms with Crippen molar-refractivity contribution in [3.05, 3.63) is 24.5 Å². The Balaban J connectivity index is 1.64. The van der Waals surface area contributed by atoms with Gasteiger partial charge in [0.2, 0.25) is 11.8 Å². The van der Waals surface area contributed by atoms with E-state index in [2.05, 4.69) is 25.6 Å². The first-order valence-electron chi connectivity index (χ1n) is 9.17. The Bertz CT molecular complexity index is 913. The number of nitrogens with zero attached hydrogens (tertiary/aromatic N) is 3. The molecule has 4 N–H and O–H groups in total. The highest BCUT2D eigenvalue weighted by Crippen LogP contribution is 2.29. The number of hydrogen-bond donors (Lipinski definition) is 3. The first-order valence-corrected chi connectivity index (χ1v) is 11.2. The summed E-state index contributed by atoms with van der Waals surface area (Å²) in [5.74, 6) is 1.88. The molecule has 0 saturated heterocycles. The molecule has 3 rings (SSSR count). The van der Waals surface area contributed by atoms with Gasteiger partial charge in [0.15, 0.2) is 5.82 Å². The predicted molar refractivity (Wildman–Crippen MR) is 110 cm³/mol. The summed E-state index contributed by atoms with van der Waals surface area (Å²) in [6.07, 6.45) is 7.98. The second-order valence-corrected chi connectivity index (χ2v) is 9.32. The maximum Gasteiger partial charge on any atom is 0.237 e. The summed E-state index contributed by atoms with van der Waals surface area (Å²) in [6.45, 7) is 0. The van der Waals surface area contributed by atoms with Gasteiger partial charge in [-0.25, -0.2) is 18.4 Å². The van der Waals surface area contributed by atoms with Crippen molar-refractivity contribution >= 4 is 33.0 Å². The van der Waals surface area contributed by atoms with E-state index in [0.29, 0.717) is 29.0 Å². The molecule has 2 heterocycles. The van der Waals surface area contributed by atoms with Crippen LogP contribution in [0.15, 0.2) is 24.5 Å². The van der Waals surface area contributed by atoms with Gasteiger partial charge in [-0.2, -0.15) is 4.98 Å². The summed E-state index contributed by atoms with van der Waals surface area (Å²) >= 11 is 0. The highest BCUT2D eigenvalue weighted by Gasteiger charge is 2.24. The van der Waals surface area contributed by atoms with Crippen LogP contribution in [0.25, 0.3) is 0 Å². The third kappa shape index (κ3) is 5.44. The lowest BCUT2D eigenvalue weighted by molar-refractivity contribution is 0.361. The molecule has 0 aromatic carbocycles. The van der Waals surface area contributed by atoms with Gasteiger partial charge in [-0.3, -0.25) is 0 Å². The van der Waals surface area contributed by atoms with E-state index >= 15 is 0 Å². The van der Waals surface area contributed by atoms with Gasteiger partial charge in [0.05, 0.1) is 24.7 Å². The minimum Gasteiger partial charge on any atom is -0.480 e. The molecule has 0 atom stereocenters. The number of rotatable bonds is 7. The van der Waals surface area contributed by atoms with Crippen molar-refractivity contribution in [1.82, 2.24) is 15.0 Å². The molecule has 0 bridgehead atoms. The maximum atomic E-state index is 11.5. The zero-order valence-electron chi connectivity index (χ0n) is 16.1. The third-order valence-corrected chi connectivity index (χ3v) is 5.83. The Morgan fingerprint density at radius 3 is 2.68 bits per heavy atom. The second kappa shape index (κ2) is 8.59. The van der Waals surface area contributed by atoms with Gasteiger partial charge in [-0.05, 0) is 43.7 Å². The Kier molecular flexibility index (Phi) is 6.18. The van der Waals surface area contributed by atoms with Crippen molar-refractivity contribution < 1.29 is 13.2 Å². The topological polar surface area (TPSA) is 132 Å². The minimum absolute atomic E-state index is 0.203. The van der Waals surface area contributed by atoms with Gasteiger partial charge in [0, 0.05) is 18.5 Å². The van der Waals surface area contributed by atoms with Crippen LogP contribution in [-0.2, 0) is 9.84 Å². The number of nitrogen functional groups attached to an aromatic ring is 1. The van der Waals surface area contributed by atoms with Crippen molar-refractivity contribution in [2.24, 2.45) is 5.92 Å². The number of methoxy groups -OCH3 is 1. The van der Waals surface area contributed by atoms with Gasteiger partial charge < -0.3 is 21.1 Å². The van der Waals surface area contributed by atoms with Crippen LogP contribution in [0.4, 0.5) is 23.1 Å². The first kappa shape index (κ1) is 20.1. The maximum absolute atomic E-state index is 11.5. The normalized spacial score (nSPS) is 19.8. The molecular weight excluding hydrogens is 380 g/mol. The largest absolute Gasteiger partial charge is 0.480 e. The van der Waals surface area contributed by atoms with Crippen LogP contribution in [0.2, 0.25) is 0 Å². The number of ether oxygens (including phenoxy) is 1. The van der Waals surface area contributed by atoms with Crippen molar-refractivity contribution in [2.75, 3.05) is 35.5 Å². The van der Waals surface area contributed by atoms with Gasteiger partial charge in [0.1, 0.15) is 15.5 Å². The number of sulfone groups is 1. The van der Waals surface area contributed by atoms with E-state index in [9.17, 15) is 8.42 Å². The monoisotopic (exact) mass is 406 g/mol. The van der Waals surface area contributed by atoms with E-state index in [4.69, 9.17) is 10.5 Å². The van der Waals surface area contributed by atoms with E-state index in [1.165, 1.54) is 6.26 Å². The zero-order chi connectivity index (χ0) is 20.1. The van der Waals surface area contributed by atoms with E-state index in [1.54, 1.807) is 25.6 Å². The summed E-state index contributed by atoms with van der Waals surface area (Å²) in [6, 6.07) is 3.81. The standard InChI is InChI=1S/C18H26N6O3S/c1-27-17-15(4-3-9-20-17)23-18-21-10-14(19)16(24-18)22-13-7-5-12(6-8-13)11-28(2,25)26/h3-4,9-10,12-13H,5-8,11,19H2,1-2H3,(H2,21,22,23,24)/t12-,13-. The highest BCUT2D eigenvalue weighted by molar-refractivity contribution is 7.90. The average Bonchev–Trinajstić information content (AvgIpc) is 2.65. The minimum atomic E-state index is -2.93. The predicted octanol–water partition coefficient (Wildman–Crippen LogP) is 2.22. The van der Waals surface area contributed by atoms with Crippen LogP contribution >= 0.6 is 0 Å². The van der Waals surface area contributed by atoms with Crippen molar-refractivity contribution in [2.45, 2.75) is 31.7 Å². The van der Waals surface area contributed by atoms with E-state index in [0.717, 1.165) is 25.7 Å². The molecule has 0 aliphatic heterocycles. The molecule has 2 aromatic heterocycles. The fourth-order valence-corrected chi connectivity index (χ4v) is 4.62. The molecular formula is C18H26N6O3S. The van der Waals surface area contributed by atoms with Gasteiger partial charge >= 0.3 is 0 Å². The number of pyridine rings is 1. The van der Waals surface area contributed by atoms with Crippen LogP contribution in [0, 0.1) is 5.92 Å². The molecule has 0 amide bonds.